The summed E-state index contributed by atoms with van der Waals surface area (Å²) in [4.78, 5) is 0. The molecular formula is C9H19NO3S. The molecule has 4 nitrogen and oxygen atoms in total. The second-order valence-electron chi connectivity index (χ2n) is 4.16. The van der Waals surface area contributed by atoms with Gasteiger partial charge in [0.05, 0.1) is 11.9 Å². The number of sulfone groups is 1. The van der Waals surface area contributed by atoms with Crippen LogP contribution < -0.4 is 5.32 Å². The Morgan fingerprint density at radius 1 is 1.50 bits per heavy atom. The highest BCUT2D eigenvalue weighted by Gasteiger charge is 2.34. The predicted molar refractivity (Wildman–Crippen MR) is 56.0 cm³/mol. The van der Waals surface area contributed by atoms with Gasteiger partial charge in [-0.1, -0.05) is 6.42 Å². The molecular weight excluding hydrogens is 202 g/mol. The van der Waals surface area contributed by atoms with Crippen LogP contribution in [0.15, 0.2) is 0 Å². The third-order valence-electron chi connectivity index (χ3n) is 2.77. The van der Waals surface area contributed by atoms with E-state index in [9.17, 15) is 8.42 Å². The first kappa shape index (κ1) is 11.9. The molecule has 0 aliphatic heterocycles. The smallest absolute Gasteiger partial charge is 0.151 e. The first-order valence-electron chi connectivity index (χ1n) is 5.01. The van der Waals surface area contributed by atoms with Crippen molar-refractivity contribution in [3.05, 3.63) is 0 Å². The van der Waals surface area contributed by atoms with Crippen molar-refractivity contribution >= 4 is 9.84 Å². The van der Waals surface area contributed by atoms with E-state index in [1.54, 1.807) is 0 Å². The van der Waals surface area contributed by atoms with Crippen molar-refractivity contribution < 1.29 is 13.5 Å². The van der Waals surface area contributed by atoms with Crippen molar-refractivity contribution in [3.8, 4) is 0 Å². The Hall–Kier alpha value is -0.130. The summed E-state index contributed by atoms with van der Waals surface area (Å²) in [7, 11) is -2.95. The number of aliphatic hydroxyl groups excluding tert-OH is 1. The fraction of sp³-hybridized carbons (Fsp3) is 1.00. The molecule has 84 valence electrons. The Morgan fingerprint density at radius 2 is 2.14 bits per heavy atom. The lowest BCUT2D eigenvalue weighted by Crippen LogP contribution is -2.45. The number of nitrogens with one attached hydrogen (secondary N) is 1. The molecule has 1 saturated carbocycles. The fourth-order valence-corrected chi connectivity index (χ4v) is 3.45. The maximum atomic E-state index is 11.4. The molecule has 0 amide bonds. The van der Waals surface area contributed by atoms with Crippen LogP contribution in [0.4, 0.5) is 0 Å². The Balaban J connectivity index is 2.60. The molecule has 3 atom stereocenters. The van der Waals surface area contributed by atoms with Crippen molar-refractivity contribution in [2.45, 2.75) is 43.5 Å². The molecule has 1 aliphatic carbocycles. The normalized spacial score (nSPS) is 30.5. The van der Waals surface area contributed by atoms with Gasteiger partial charge in [0.2, 0.25) is 0 Å². The van der Waals surface area contributed by atoms with Crippen molar-refractivity contribution in [1.82, 2.24) is 5.32 Å². The van der Waals surface area contributed by atoms with E-state index < -0.39 is 9.84 Å². The zero-order chi connectivity index (χ0) is 10.8. The van der Waals surface area contributed by atoms with E-state index in [2.05, 4.69) is 5.32 Å². The van der Waals surface area contributed by atoms with E-state index in [-0.39, 0.29) is 23.9 Å². The second-order valence-corrected chi connectivity index (χ2v) is 6.42. The summed E-state index contributed by atoms with van der Waals surface area (Å²) >= 11 is 0. The average Bonchev–Trinajstić information content (AvgIpc) is 2.51. The molecule has 2 N–H and O–H groups in total. The average molecular weight is 221 g/mol. The maximum absolute atomic E-state index is 11.4. The van der Waals surface area contributed by atoms with Crippen molar-refractivity contribution in [3.63, 3.8) is 0 Å². The standard InChI is InChI=1S/C9H19NO3S/c1-7(6-11)10-8-4-3-5-9(8)14(2,12)13/h7-11H,3-6H2,1-2H3/t7-,8+,9-/m0/s1. The van der Waals surface area contributed by atoms with Gasteiger partial charge in [0.1, 0.15) is 0 Å². The molecule has 0 bridgehead atoms. The van der Waals surface area contributed by atoms with Crippen LogP contribution in [-0.2, 0) is 9.84 Å². The number of aliphatic hydroxyl groups is 1. The largest absolute Gasteiger partial charge is 0.395 e. The third kappa shape index (κ3) is 2.93. The topological polar surface area (TPSA) is 66.4 Å². The van der Waals surface area contributed by atoms with Crippen LogP contribution in [0.3, 0.4) is 0 Å². The quantitative estimate of drug-likeness (QED) is 0.697. The number of hydrogen-bond donors (Lipinski definition) is 2. The molecule has 0 saturated heterocycles. The van der Waals surface area contributed by atoms with Gasteiger partial charge in [0.25, 0.3) is 0 Å². The van der Waals surface area contributed by atoms with Crippen molar-refractivity contribution in [1.29, 1.82) is 0 Å². The van der Waals surface area contributed by atoms with E-state index >= 15 is 0 Å². The van der Waals surface area contributed by atoms with Gasteiger partial charge >= 0.3 is 0 Å². The predicted octanol–water partition coefficient (Wildman–Crippen LogP) is -0.0775. The lowest BCUT2D eigenvalue weighted by molar-refractivity contribution is 0.241. The van der Waals surface area contributed by atoms with Gasteiger partial charge in [-0.15, -0.1) is 0 Å². The highest BCUT2D eigenvalue weighted by Crippen LogP contribution is 2.25. The molecule has 14 heavy (non-hydrogen) atoms. The molecule has 0 radical (unpaired) electrons. The minimum Gasteiger partial charge on any atom is -0.395 e. The lowest BCUT2D eigenvalue weighted by atomic mass is 10.2. The molecule has 0 aromatic rings. The fourth-order valence-electron chi connectivity index (χ4n) is 2.05. The van der Waals surface area contributed by atoms with Gasteiger partial charge in [-0.2, -0.15) is 0 Å². The maximum Gasteiger partial charge on any atom is 0.151 e. The highest BCUT2D eigenvalue weighted by molar-refractivity contribution is 7.91. The zero-order valence-electron chi connectivity index (χ0n) is 8.73. The van der Waals surface area contributed by atoms with Gasteiger partial charge in [-0.25, -0.2) is 8.42 Å². The zero-order valence-corrected chi connectivity index (χ0v) is 9.55. The summed E-state index contributed by atoms with van der Waals surface area (Å²) in [6.45, 7) is 1.91. The van der Waals surface area contributed by atoms with Gasteiger partial charge in [-0.05, 0) is 19.8 Å². The molecule has 1 fully saturated rings. The van der Waals surface area contributed by atoms with Gasteiger partial charge < -0.3 is 10.4 Å². The number of rotatable bonds is 4. The molecule has 0 heterocycles. The van der Waals surface area contributed by atoms with Crippen LogP contribution in [0, 0.1) is 0 Å². The summed E-state index contributed by atoms with van der Waals surface area (Å²) in [5.74, 6) is 0. The molecule has 0 aromatic carbocycles. The highest BCUT2D eigenvalue weighted by atomic mass is 32.2. The minimum atomic E-state index is -2.95. The lowest BCUT2D eigenvalue weighted by Gasteiger charge is -2.22. The van der Waals surface area contributed by atoms with E-state index in [1.807, 2.05) is 6.92 Å². The minimum absolute atomic E-state index is 0.0205. The molecule has 0 spiro atoms. The van der Waals surface area contributed by atoms with Gasteiger partial charge in [0.15, 0.2) is 9.84 Å². The Kier molecular flexibility index (Phi) is 3.92. The summed E-state index contributed by atoms with van der Waals surface area (Å²) in [5, 5.41) is 11.8. The van der Waals surface area contributed by atoms with E-state index in [4.69, 9.17) is 5.11 Å². The second kappa shape index (κ2) is 4.59. The van der Waals surface area contributed by atoms with Gasteiger partial charge in [0, 0.05) is 18.3 Å². The first-order chi connectivity index (χ1) is 6.45. The van der Waals surface area contributed by atoms with Crippen LogP contribution in [0.1, 0.15) is 26.2 Å². The first-order valence-corrected chi connectivity index (χ1v) is 6.96. The summed E-state index contributed by atoms with van der Waals surface area (Å²) in [5.41, 5.74) is 0. The van der Waals surface area contributed by atoms with Crippen molar-refractivity contribution in [2.24, 2.45) is 0 Å². The van der Waals surface area contributed by atoms with Crippen LogP contribution in [0.5, 0.6) is 0 Å². The Labute approximate surface area is 85.6 Å². The van der Waals surface area contributed by atoms with Crippen LogP contribution in [0.25, 0.3) is 0 Å². The molecule has 0 unspecified atom stereocenters. The van der Waals surface area contributed by atoms with Crippen LogP contribution in [-0.4, -0.2) is 43.7 Å². The summed E-state index contributed by atoms with van der Waals surface area (Å²) in [6.07, 6.45) is 3.88. The van der Waals surface area contributed by atoms with Crippen LogP contribution in [0.2, 0.25) is 0 Å². The number of hydrogen-bond acceptors (Lipinski definition) is 4. The third-order valence-corrected chi connectivity index (χ3v) is 4.44. The monoisotopic (exact) mass is 221 g/mol. The Morgan fingerprint density at radius 3 is 2.64 bits per heavy atom. The van der Waals surface area contributed by atoms with Gasteiger partial charge in [-0.3, -0.25) is 0 Å². The summed E-state index contributed by atoms with van der Waals surface area (Å²) < 4.78 is 22.8. The van der Waals surface area contributed by atoms with Crippen molar-refractivity contribution in [2.75, 3.05) is 12.9 Å². The molecule has 0 aromatic heterocycles. The Bertz CT molecular complexity index is 276. The molecule has 1 rings (SSSR count). The SMILES string of the molecule is C[C@@H](CO)N[C@@H]1CCC[C@@H]1S(C)(=O)=O. The summed E-state index contributed by atoms with van der Waals surface area (Å²) in [6, 6.07) is -0.00509. The van der Waals surface area contributed by atoms with E-state index in [0.29, 0.717) is 0 Å². The van der Waals surface area contributed by atoms with E-state index in [1.165, 1.54) is 6.26 Å². The van der Waals surface area contributed by atoms with E-state index in [0.717, 1.165) is 19.3 Å². The van der Waals surface area contributed by atoms with Crippen LogP contribution >= 0.6 is 0 Å². The molecule has 5 heteroatoms. The molecule has 1 aliphatic rings.